The first-order valence-corrected chi connectivity index (χ1v) is 15.4. The van der Waals surface area contributed by atoms with Crippen molar-refractivity contribution < 1.29 is 13.2 Å². The fraction of sp³-hybridized carbons (Fsp3) is 0.769. The highest BCUT2D eigenvalue weighted by Crippen LogP contribution is 2.31. The molecule has 3 rings (SSSR count). The van der Waals surface area contributed by atoms with Crippen LogP contribution in [0.2, 0.25) is 0 Å². The minimum absolute atomic E-state index is 0.150. The summed E-state index contributed by atoms with van der Waals surface area (Å²) in [6.45, 7) is 9.62. The molecule has 1 N–H and O–H groups in total. The van der Waals surface area contributed by atoms with E-state index in [1.54, 1.807) is 0 Å². The summed E-state index contributed by atoms with van der Waals surface area (Å²) < 4.78 is 34.0. The molecule has 0 radical (unpaired) electrons. The van der Waals surface area contributed by atoms with Crippen LogP contribution in [0.25, 0.3) is 0 Å². The highest BCUT2D eigenvalue weighted by atomic mass is 79.9. The van der Waals surface area contributed by atoms with Gasteiger partial charge < -0.3 is 9.64 Å². The molecule has 1 saturated heterocycles. The van der Waals surface area contributed by atoms with Gasteiger partial charge in [-0.1, -0.05) is 22.9 Å². The number of likely N-dealkylation sites (tertiary alicyclic amines) is 1. The van der Waals surface area contributed by atoms with Crippen LogP contribution >= 0.6 is 15.9 Å². The molecular weight excluding hydrogens is 500 g/mol. The summed E-state index contributed by atoms with van der Waals surface area (Å²) in [6.07, 6.45) is 10.0. The molecule has 0 bridgehead atoms. The summed E-state index contributed by atoms with van der Waals surface area (Å²) in [5.74, 6) is 2.69. The molecule has 2 aliphatic rings. The van der Waals surface area contributed by atoms with Crippen LogP contribution in [0.15, 0.2) is 22.7 Å². The Kier molecular flexibility index (Phi) is 10.5. The topological polar surface area (TPSA) is 58.6 Å². The maximum absolute atomic E-state index is 12.0. The maximum atomic E-state index is 12.0. The molecule has 0 atom stereocenters. The van der Waals surface area contributed by atoms with E-state index in [4.69, 9.17) is 4.74 Å². The molecule has 0 aromatic heterocycles. The number of benzene rings is 1. The molecule has 1 aromatic rings. The second kappa shape index (κ2) is 12.9. The van der Waals surface area contributed by atoms with E-state index in [0.29, 0.717) is 6.42 Å². The van der Waals surface area contributed by atoms with Crippen LogP contribution in [-0.4, -0.2) is 50.9 Å². The lowest BCUT2D eigenvalue weighted by Crippen LogP contribution is -2.39. The third-order valence-electron chi connectivity index (χ3n) is 7.12. The van der Waals surface area contributed by atoms with Crippen molar-refractivity contribution in [1.29, 1.82) is 0 Å². The Hall–Kier alpha value is -0.630. The second-order valence-corrected chi connectivity index (χ2v) is 13.1. The van der Waals surface area contributed by atoms with E-state index < -0.39 is 10.0 Å². The van der Waals surface area contributed by atoms with Crippen molar-refractivity contribution >= 4 is 26.0 Å². The third-order valence-corrected chi connectivity index (χ3v) is 9.54. The van der Waals surface area contributed by atoms with Crippen LogP contribution in [0.1, 0.15) is 77.7 Å². The Morgan fingerprint density at radius 3 is 2.42 bits per heavy atom. The Morgan fingerprint density at radius 1 is 1.09 bits per heavy atom. The van der Waals surface area contributed by atoms with Gasteiger partial charge in [0.1, 0.15) is 5.75 Å². The highest BCUT2D eigenvalue weighted by molar-refractivity contribution is 9.10. The molecule has 1 saturated carbocycles. The fourth-order valence-corrected chi connectivity index (χ4v) is 7.10. The van der Waals surface area contributed by atoms with E-state index in [2.05, 4.69) is 51.5 Å². The number of sulfonamides is 1. The van der Waals surface area contributed by atoms with Gasteiger partial charge in [0.2, 0.25) is 10.0 Å². The van der Waals surface area contributed by atoms with Crippen molar-refractivity contribution in [3.8, 4) is 5.75 Å². The number of hydrogen-bond donors (Lipinski definition) is 1. The second-order valence-electron chi connectivity index (χ2n) is 10.4. The molecule has 1 heterocycles. The fourth-order valence-electron chi connectivity index (χ4n) is 5.29. The van der Waals surface area contributed by atoms with Crippen LogP contribution < -0.4 is 9.46 Å². The third kappa shape index (κ3) is 9.15. The van der Waals surface area contributed by atoms with Crippen molar-refractivity contribution in [2.24, 2.45) is 11.8 Å². The van der Waals surface area contributed by atoms with Gasteiger partial charge in [0.05, 0.1) is 11.9 Å². The molecule has 5 nitrogen and oxygen atoms in total. The highest BCUT2D eigenvalue weighted by Gasteiger charge is 2.26. The van der Waals surface area contributed by atoms with Gasteiger partial charge in [0, 0.05) is 10.5 Å². The number of nitrogens with zero attached hydrogens (tertiary/aromatic N) is 1. The van der Waals surface area contributed by atoms with Crippen molar-refractivity contribution in [2.45, 2.75) is 90.7 Å². The number of hydrogen-bond acceptors (Lipinski definition) is 4. The SMILES string of the molecule is CCCS(=O)(=O)NC1CCC(CCN2CCC(Cc3cc(OC(C)C)ccc3Br)CC2)CC1. The zero-order valence-electron chi connectivity index (χ0n) is 20.7. The average Bonchev–Trinajstić information content (AvgIpc) is 2.76. The van der Waals surface area contributed by atoms with Gasteiger partial charge in [-0.15, -0.1) is 0 Å². The summed E-state index contributed by atoms with van der Waals surface area (Å²) in [4.78, 5) is 2.64. The Bertz CT molecular complexity index is 830. The Balaban J connectivity index is 1.35. The van der Waals surface area contributed by atoms with E-state index in [1.807, 2.05) is 13.0 Å². The lowest BCUT2D eigenvalue weighted by molar-refractivity contribution is 0.164. The number of ether oxygens (including phenoxy) is 1. The van der Waals surface area contributed by atoms with Gasteiger partial charge in [0.25, 0.3) is 0 Å². The molecule has 7 heteroatoms. The van der Waals surface area contributed by atoms with Crippen molar-refractivity contribution in [1.82, 2.24) is 9.62 Å². The van der Waals surface area contributed by atoms with E-state index in [0.717, 1.165) is 49.7 Å². The van der Waals surface area contributed by atoms with Gasteiger partial charge in [-0.2, -0.15) is 0 Å². The van der Waals surface area contributed by atoms with E-state index in [9.17, 15) is 8.42 Å². The molecule has 188 valence electrons. The Morgan fingerprint density at radius 2 is 1.79 bits per heavy atom. The molecule has 33 heavy (non-hydrogen) atoms. The molecular formula is C26H43BrN2O3S. The van der Waals surface area contributed by atoms with Crippen molar-refractivity contribution in [3.05, 3.63) is 28.2 Å². The molecule has 0 unspecified atom stereocenters. The number of halogens is 1. The van der Waals surface area contributed by atoms with Gasteiger partial charge in [0.15, 0.2) is 0 Å². The van der Waals surface area contributed by atoms with Crippen LogP contribution in [0, 0.1) is 11.8 Å². The van der Waals surface area contributed by atoms with Gasteiger partial charge in [-0.05, 0) is 127 Å². The summed E-state index contributed by atoms with van der Waals surface area (Å²) >= 11 is 3.73. The van der Waals surface area contributed by atoms with Crippen LogP contribution in [0.5, 0.6) is 5.75 Å². The lowest BCUT2D eigenvalue weighted by atomic mass is 9.84. The minimum atomic E-state index is -3.08. The van der Waals surface area contributed by atoms with E-state index in [-0.39, 0.29) is 17.9 Å². The Labute approximate surface area is 210 Å². The van der Waals surface area contributed by atoms with Gasteiger partial charge in [-0.25, -0.2) is 13.1 Å². The summed E-state index contributed by atoms with van der Waals surface area (Å²) in [7, 11) is -3.08. The predicted molar refractivity (Wildman–Crippen MR) is 140 cm³/mol. The number of rotatable bonds is 11. The van der Waals surface area contributed by atoms with Crippen molar-refractivity contribution in [3.63, 3.8) is 0 Å². The molecule has 0 amide bonds. The first-order valence-electron chi connectivity index (χ1n) is 12.9. The van der Waals surface area contributed by atoms with Crippen molar-refractivity contribution in [2.75, 3.05) is 25.4 Å². The standard InChI is InChI=1S/C26H43BrN2O3S/c1-4-17-33(30,31)28-24-7-5-21(6-8-24)11-14-29-15-12-22(13-16-29)18-23-19-25(32-20(2)3)9-10-26(23)27/h9-10,19-22,24,28H,4-8,11-18H2,1-3H3. The largest absolute Gasteiger partial charge is 0.491 e. The molecule has 1 aliphatic heterocycles. The molecule has 0 spiro atoms. The monoisotopic (exact) mass is 542 g/mol. The van der Waals surface area contributed by atoms with Crippen LogP contribution in [0.4, 0.5) is 0 Å². The lowest BCUT2D eigenvalue weighted by Gasteiger charge is -2.34. The molecule has 1 aliphatic carbocycles. The smallest absolute Gasteiger partial charge is 0.211 e. The van der Waals surface area contributed by atoms with Crippen LogP contribution in [0.3, 0.4) is 0 Å². The summed E-state index contributed by atoms with van der Waals surface area (Å²) in [5, 5.41) is 0. The van der Waals surface area contributed by atoms with Gasteiger partial charge in [-0.3, -0.25) is 0 Å². The van der Waals surface area contributed by atoms with Gasteiger partial charge >= 0.3 is 0 Å². The summed E-state index contributed by atoms with van der Waals surface area (Å²) in [5.41, 5.74) is 1.36. The predicted octanol–water partition coefficient (Wildman–Crippen LogP) is 5.77. The molecule has 1 aromatic carbocycles. The van der Waals surface area contributed by atoms with E-state index in [1.165, 1.54) is 48.9 Å². The zero-order chi connectivity index (χ0) is 23.8. The molecule has 2 fully saturated rings. The van der Waals surface area contributed by atoms with E-state index >= 15 is 0 Å². The maximum Gasteiger partial charge on any atom is 0.211 e. The minimum Gasteiger partial charge on any atom is -0.491 e. The van der Waals surface area contributed by atoms with Crippen LogP contribution in [-0.2, 0) is 16.4 Å². The summed E-state index contributed by atoms with van der Waals surface area (Å²) in [6, 6.07) is 6.52. The first-order chi connectivity index (χ1) is 15.7. The first kappa shape index (κ1) is 27.0. The number of piperidine rings is 1. The number of nitrogens with one attached hydrogen (secondary N) is 1. The average molecular weight is 544 g/mol. The zero-order valence-corrected chi connectivity index (χ0v) is 23.1. The quantitative estimate of drug-likeness (QED) is 0.385. The normalized spacial score (nSPS) is 23.2.